The van der Waals surface area contributed by atoms with Crippen molar-refractivity contribution in [2.45, 2.75) is 24.3 Å². The molecule has 1 aromatic carbocycles. The van der Waals surface area contributed by atoms with Gasteiger partial charge in [-0.2, -0.15) is 0 Å². The average molecular weight is 399 g/mol. The van der Waals surface area contributed by atoms with Crippen molar-refractivity contribution in [2.75, 3.05) is 18.2 Å². The first-order chi connectivity index (χ1) is 13.2. The Kier molecular flexibility index (Phi) is 5.09. The van der Waals surface area contributed by atoms with Crippen molar-refractivity contribution in [3.05, 3.63) is 46.6 Å². The molecule has 0 fully saturated rings. The minimum atomic E-state index is -0.435. The normalized spacial score (nSPS) is 12.8. The number of rotatable bonds is 5. The second-order valence-corrected chi connectivity index (χ2v) is 8.17. The predicted molar refractivity (Wildman–Crippen MR) is 107 cm³/mol. The maximum Gasteiger partial charge on any atom is 0.337 e. The third kappa shape index (κ3) is 3.68. The van der Waals surface area contributed by atoms with Crippen molar-refractivity contribution in [1.82, 2.24) is 9.97 Å². The van der Waals surface area contributed by atoms with Gasteiger partial charge in [-0.15, -0.1) is 11.3 Å². The number of aryl methyl sites for hydroxylation is 2. The van der Waals surface area contributed by atoms with Gasteiger partial charge in [0.1, 0.15) is 16.2 Å². The van der Waals surface area contributed by atoms with Crippen LogP contribution >= 0.6 is 23.1 Å². The first kappa shape index (κ1) is 17.9. The molecular formula is C19H17N3O3S2. The number of hydrogen-bond acceptors (Lipinski definition) is 7. The summed E-state index contributed by atoms with van der Waals surface area (Å²) in [4.78, 5) is 35.1. The van der Waals surface area contributed by atoms with Crippen molar-refractivity contribution in [1.29, 1.82) is 0 Å². The van der Waals surface area contributed by atoms with Crippen LogP contribution in [0.1, 0.15) is 27.2 Å². The van der Waals surface area contributed by atoms with Gasteiger partial charge in [0.25, 0.3) is 0 Å². The number of nitrogens with one attached hydrogen (secondary N) is 1. The molecule has 0 radical (unpaired) electrons. The van der Waals surface area contributed by atoms with Gasteiger partial charge in [-0.1, -0.05) is 17.8 Å². The number of ether oxygens (including phenoxy) is 1. The van der Waals surface area contributed by atoms with Gasteiger partial charge in [-0.25, -0.2) is 14.8 Å². The summed E-state index contributed by atoms with van der Waals surface area (Å²) in [6.07, 6.45) is 4.90. The highest BCUT2D eigenvalue weighted by atomic mass is 32.2. The Balaban J connectivity index is 1.46. The number of esters is 1. The molecule has 0 bridgehead atoms. The minimum absolute atomic E-state index is 0.152. The van der Waals surface area contributed by atoms with E-state index >= 15 is 0 Å². The highest BCUT2D eigenvalue weighted by Gasteiger charge is 2.21. The second kappa shape index (κ2) is 7.66. The molecule has 2 heterocycles. The van der Waals surface area contributed by atoms with Gasteiger partial charge < -0.3 is 10.1 Å². The number of anilines is 1. The molecule has 1 N–H and O–H groups in total. The molecule has 0 atom stereocenters. The molecule has 0 aliphatic heterocycles. The molecular weight excluding hydrogens is 382 g/mol. The van der Waals surface area contributed by atoms with E-state index in [-0.39, 0.29) is 11.7 Å². The first-order valence-electron chi connectivity index (χ1n) is 8.52. The number of nitrogens with zero attached hydrogens (tertiary/aromatic N) is 2. The Hall–Kier alpha value is -2.45. The molecule has 0 saturated carbocycles. The molecule has 2 aromatic heterocycles. The second-order valence-electron chi connectivity index (χ2n) is 6.13. The summed E-state index contributed by atoms with van der Waals surface area (Å²) in [7, 11) is 1.33. The maximum absolute atomic E-state index is 12.4. The van der Waals surface area contributed by atoms with Gasteiger partial charge in [0, 0.05) is 16.0 Å². The van der Waals surface area contributed by atoms with Gasteiger partial charge in [0.2, 0.25) is 5.91 Å². The van der Waals surface area contributed by atoms with Crippen LogP contribution in [0.15, 0.2) is 35.6 Å². The highest BCUT2D eigenvalue weighted by Crippen LogP contribution is 2.39. The zero-order chi connectivity index (χ0) is 18.8. The lowest BCUT2D eigenvalue weighted by Gasteiger charge is -2.07. The molecule has 138 valence electrons. The van der Waals surface area contributed by atoms with Gasteiger partial charge in [-0.05, 0) is 43.0 Å². The smallest absolute Gasteiger partial charge is 0.337 e. The van der Waals surface area contributed by atoms with Crippen LogP contribution < -0.4 is 5.32 Å². The monoisotopic (exact) mass is 399 g/mol. The molecule has 0 saturated heterocycles. The number of aromatic nitrogens is 2. The maximum atomic E-state index is 12.4. The minimum Gasteiger partial charge on any atom is -0.465 e. The summed E-state index contributed by atoms with van der Waals surface area (Å²) in [5.41, 5.74) is 2.31. The Morgan fingerprint density at radius 3 is 3.04 bits per heavy atom. The lowest BCUT2D eigenvalue weighted by molar-refractivity contribution is -0.113. The van der Waals surface area contributed by atoms with E-state index in [0.29, 0.717) is 11.3 Å². The summed E-state index contributed by atoms with van der Waals surface area (Å²) < 4.78 is 4.70. The molecule has 6 nitrogen and oxygen atoms in total. The third-order valence-corrected chi connectivity index (χ3v) is 6.56. The SMILES string of the molecule is COC(=O)c1cccc(NC(=O)CSc2ncnc3sc4c(c23)CCC4)c1. The van der Waals surface area contributed by atoms with Gasteiger partial charge in [0.05, 0.1) is 18.4 Å². The van der Waals surface area contributed by atoms with E-state index in [0.717, 1.165) is 28.1 Å². The predicted octanol–water partition coefficient (Wildman–Crippen LogP) is 3.70. The van der Waals surface area contributed by atoms with E-state index in [9.17, 15) is 9.59 Å². The van der Waals surface area contributed by atoms with Crippen molar-refractivity contribution in [2.24, 2.45) is 0 Å². The molecule has 4 rings (SSSR count). The van der Waals surface area contributed by atoms with Crippen LogP contribution in [0.5, 0.6) is 0 Å². The van der Waals surface area contributed by atoms with Gasteiger partial charge in [0.15, 0.2) is 0 Å². The molecule has 3 aromatic rings. The molecule has 0 spiro atoms. The van der Waals surface area contributed by atoms with Crippen molar-refractivity contribution in [3.8, 4) is 0 Å². The number of carbonyl (C=O) groups is 2. The summed E-state index contributed by atoms with van der Waals surface area (Å²) >= 11 is 3.15. The van der Waals surface area contributed by atoms with E-state index in [1.165, 1.54) is 35.7 Å². The van der Waals surface area contributed by atoms with Crippen LogP contribution in [0.4, 0.5) is 5.69 Å². The number of amides is 1. The number of hydrogen-bond donors (Lipinski definition) is 1. The molecule has 0 unspecified atom stereocenters. The number of thiophene rings is 1. The van der Waals surface area contributed by atoms with E-state index < -0.39 is 5.97 Å². The Bertz CT molecular complexity index is 1030. The van der Waals surface area contributed by atoms with Crippen LogP contribution in [0, 0.1) is 0 Å². The van der Waals surface area contributed by atoms with Crippen LogP contribution in [-0.4, -0.2) is 34.7 Å². The number of methoxy groups -OCH3 is 1. The fourth-order valence-corrected chi connectivity index (χ4v) is 5.30. The van der Waals surface area contributed by atoms with Crippen LogP contribution in [0.25, 0.3) is 10.2 Å². The van der Waals surface area contributed by atoms with Crippen LogP contribution in [-0.2, 0) is 22.4 Å². The van der Waals surface area contributed by atoms with E-state index in [1.807, 2.05) is 0 Å². The summed E-state index contributed by atoms with van der Waals surface area (Å²) in [6.45, 7) is 0. The van der Waals surface area contributed by atoms with Crippen LogP contribution in [0.2, 0.25) is 0 Å². The molecule has 8 heteroatoms. The van der Waals surface area contributed by atoms with E-state index in [2.05, 4.69) is 15.3 Å². The third-order valence-electron chi connectivity index (χ3n) is 4.37. The van der Waals surface area contributed by atoms with Crippen molar-refractivity contribution >= 4 is 50.9 Å². The number of fused-ring (bicyclic) bond motifs is 3. The standard InChI is InChI=1S/C19H17N3O3S2/c1-25-19(24)11-4-2-5-12(8-11)22-15(23)9-26-17-16-13-6-3-7-14(13)27-18(16)21-10-20-17/h2,4-5,8,10H,3,6-7,9H2,1H3,(H,22,23). The first-order valence-corrected chi connectivity index (χ1v) is 10.3. The van der Waals surface area contributed by atoms with Crippen molar-refractivity contribution in [3.63, 3.8) is 0 Å². The summed E-state index contributed by atoms with van der Waals surface area (Å²) in [5, 5.41) is 4.79. The summed E-state index contributed by atoms with van der Waals surface area (Å²) in [6, 6.07) is 6.69. The van der Waals surface area contributed by atoms with Gasteiger partial charge in [-0.3, -0.25) is 4.79 Å². The number of benzene rings is 1. The van der Waals surface area contributed by atoms with Crippen molar-refractivity contribution < 1.29 is 14.3 Å². The number of thioether (sulfide) groups is 1. The number of carbonyl (C=O) groups excluding carboxylic acids is 2. The average Bonchev–Trinajstić information content (AvgIpc) is 3.27. The summed E-state index contributed by atoms with van der Waals surface area (Å²) in [5.74, 6) is -0.352. The molecule has 1 aliphatic carbocycles. The van der Waals surface area contributed by atoms with Gasteiger partial charge >= 0.3 is 5.97 Å². The Morgan fingerprint density at radius 2 is 2.19 bits per heavy atom. The molecule has 1 aliphatic rings. The Labute approximate surface area is 164 Å². The zero-order valence-electron chi connectivity index (χ0n) is 14.7. The van der Waals surface area contributed by atoms with Crippen LogP contribution in [0.3, 0.4) is 0 Å². The molecule has 1 amide bonds. The fraction of sp³-hybridized carbons (Fsp3) is 0.263. The topological polar surface area (TPSA) is 81.2 Å². The lowest BCUT2D eigenvalue weighted by Crippen LogP contribution is -2.14. The fourth-order valence-electron chi connectivity index (χ4n) is 3.18. The van der Waals surface area contributed by atoms with E-state index in [1.54, 1.807) is 41.9 Å². The molecule has 27 heavy (non-hydrogen) atoms. The largest absolute Gasteiger partial charge is 0.465 e. The van der Waals surface area contributed by atoms with E-state index in [4.69, 9.17) is 4.74 Å². The zero-order valence-corrected chi connectivity index (χ0v) is 16.3. The Morgan fingerprint density at radius 1 is 1.30 bits per heavy atom. The quantitative estimate of drug-likeness (QED) is 0.400. The highest BCUT2D eigenvalue weighted by molar-refractivity contribution is 8.00. The lowest BCUT2D eigenvalue weighted by atomic mass is 10.2.